The van der Waals surface area contributed by atoms with Gasteiger partial charge in [-0.25, -0.2) is 19.3 Å². The number of hydrogen-bond donors (Lipinski definition) is 1. The summed E-state index contributed by atoms with van der Waals surface area (Å²) in [7, 11) is 0. The molecule has 0 saturated heterocycles. The normalized spacial score (nSPS) is 10.9. The van der Waals surface area contributed by atoms with E-state index >= 15 is 0 Å². The molecule has 0 fully saturated rings. The lowest BCUT2D eigenvalue weighted by Crippen LogP contribution is -2.25. The quantitative estimate of drug-likeness (QED) is 0.352. The number of carbonyl (C=O) groups excluding carboxylic acids is 1. The highest BCUT2D eigenvalue weighted by molar-refractivity contribution is 7.99. The Balaban J connectivity index is 1.60. The number of benzene rings is 2. The third kappa shape index (κ3) is 5.07. The van der Waals surface area contributed by atoms with Gasteiger partial charge in [0.1, 0.15) is 5.82 Å². The summed E-state index contributed by atoms with van der Waals surface area (Å²) in [5, 5.41) is 3.61. The molecule has 1 N–H and O–H groups in total. The lowest BCUT2D eigenvalue weighted by molar-refractivity contribution is -0.113. The van der Waals surface area contributed by atoms with E-state index < -0.39 is 0 Å². The molecule has 0 saturated carbocycles. The highest BCUT2D eigenvalue weighted by Gasteiger charge is 2.15. The first kappa shape index (κ1) is 21.0. The standard InChI is InChI=1S/C21H15ClFN5O2S/c22-14-3-1-13(2-4-14)11-28-20(30)18-19(25-10-9-24-18)27-21(28)31-12-17(29)26-16-7-5-15(23)6-8-16/h1-10H,11-12H2,(H,26,29). The van der Waals surface area contributed by atoms with Crippen LogP contribution in [-0.2, 0) is 11.3 Å². The number of thioether (sulfide) groups is 1. The molecule has 2 heterocycles. The van der Waals surface area contributed by atoms with Gasteiger partial charge in [0.25, 0.3) is 5.56 Å². The van der Waals surface area contributed by atoms with Gasteiger partial charge in [-0.15, -0.1) is 0 Å². The van der Waals surface area contributed by atoms with Crippen LogP contribution in [0.5, 0.6) is 0 Å². The molecule has 2 aromatic carbocycles. The molecule has 0 unspecified atom stereocenters. The van der Waals surface area contributed by atoms with Crippen LogP contribution in [0.25, 0.3) is 11.2 Å². The smallest absolute Gasteiger partial charge is 0.282 e. The zero-order valence-electron chi connectivity index (χ0n) is 16.0. The average Bonchev–Trinajstić information content (AvgIpc) is 2.77. The molecular weight excluding hydrogens is 441 g/mol. The highest BCUT2D eigenvalue weighted by Crippen LogP contribution is 2.19. The van der Waals surface area contributed by atoms with Gasteiger partial charge in [-0.05, 0) is 42.0 Å². The maximum atomic E-state index is 13.0. The van der Waals surface area contributed by atoms with E-state index in [1.165, 1.54) is 41.2 Å². The predicted molar refractivity (Wildman–Crippen MR) is 118 cm³/mol. The van der Waals surface area contributed by atoms with Gasteiger partial charge in [-0.2, -0.15) is 0 Å². The molecule has 7 nitrogen and oxygen atoms in total. The number of anilines is 1. The Labute approximate surface area is 185 Å². The van der Waals surface area contributed by atoms with Crippen LogP contribution >= 0.6 is 23.4 Å². The SMILES string of the molecule is O=C(CSc1nc2nccnc2c(=O)n1Cc1ccc(Cl)cc1)Nc1ccc(F)cc1. The molecule has 2 aromatic heterocycles. The first-order valence-corrected chi connectivity index (χ1v) is 10.5. The molecule has 0 bridgehead atoms. The molecule has 0 aliphatic carbocycles. The molecule has 1 amide bonds. The maximum Gasteiger partial charge on any atom is 0.282 e. The molecule has 0 atom stereocenters. The van der Waals surface area contributed by atoms with E-state index in [9.17, 15) is 14.0 Å². The van der Waals surface area contributed by atoms with E-state index in [0.29, 0.717) is 15.9 Å². The first-order valence-electron chi connectivity index (χ1n) is 9.14. The fraction of sp³-hybridized carbons (Fsp3) is 0.0952. The van der Waals surface area contributed by atoms with E-state index in [2.05, 4.69) is 20.3 Å². The Bertz CT molecular complexity index is 1300. The van der Waals surface area contributed by atoms with E-state index in [-0.39, 0.29) is 40.7 Å². The molecule has 4 aromatic rings. The van der Waals surface area contributed by atoms with Crippen molar-refractivity contribution in [3.05, 3.63) is 87.7 Å². The van der Waals surface area contributed by atoms with Gasteiger partial charge in [0.15, 0.2) is 16.3 Å². The Morgan fingerprint density at radius 3 is 2.52 bits per heavy atom. The van der Waals surface area contributed by atoms with Crippen LogP contribution in [0, 0.1) is 5.82 Å². The van der Waals surface area contributed by atoms with Crippen LogP contribution in [0.2, 0.25) is 5.02 Å². The second-order valence-electron chi connectivity index (χ2n) is 6.48. The van der Waals surface area contributed by atoms with E-state index in [4.69, 9.17) is 11.6 Å². The van der Waals surface area contributed by atoms with Crippen LogP contribution in [0.1, 0.15) is 5.56 Å². The zero-order chi connectivity index (χ0) is 21.8. The number of amides is 1. The molecule has 10 heteroatoms. The Hall–Kier alpha value is -3.30. The van der Waals surface area contributed by atoms with Crippen molar-refractivity contribution in [1.82, 2.24) is 19.5 Å². The number of carbonyl (C=O) groups is 1. The molecule has 4 rings (SSSR count). The second kappa shape index (κ2) is 9.23. The minimum absolute atomic E-state index is 0.00377. The van der Waals surface area contributed by atoms with Crippen molar-refractivity contribution >= 4 is 46.1 Å². The van der Waals surface area contributed by atoms with Crippen LogP contribution in [-0.4, -0.2) is 31.2 Å². The minimum Gasteiger partial charge on any atom is -0.325 e. The highest BCUT2D eigenvalue weighted by atomic mass is 35.5. The van der Waals surface area contributed by atoms with Crippen molar-refractivity contribution in [2.24, 2.45) is 0 Å². The lowest BCUT2D eigenvalue weighted by atomic mass is 10.2. The second-order valence-corrected chi connectivity index (χ2v) is 7.86. The third-order valence-electron chi connectivity index (χ3n) is 4.27. The fourth-order valence-electron chi connectivity index (χ4n) is 2.81. The summed E-state index contributed by atoms with van der Waals surface area (Å²) in [6, 6.07) is 12.6. The Morgan fingerprint density at radius 2 is 1.77 bits per heavy atom. The van der Waals surface area contributed by atoms with E-state index in [1.807, 2.05) is 12.1 Å². The van der Waals surface area contributed by atoms with Crippen molar-refractivity contribution in [2.45, 2.75) is 11.7 Å². The number of fused-ring (bicyclic) bond motifs is 1. The monoisotopic (exact) mass is 455 g/mol. The molecule has 0 spiro atoms. The van der Waals surface area contributed by atoms with Gasteiger partial charge < -0.3 is 5.32 Å². The first-order chi connectivity index (χ1) is 15.0. The van der Waals surface area contributed by atoms with Gasteiger partial charge in [0.2, 0.25) is 5.91 Å². The summed E-state index contributed by atoms with van der Waals surface area (Å²) in [6.07, 6.45) is 2.88. The third-order valence-corrected chi connectivity index (χ3v) is 5.50. The topological polar surface area (TPSA) is 89.8 Å². The van der Waals surface area contributed by atoms with Crippen LogP contribution in [0.15, 0.2) is 70.9 Å². The summed E-state index contributed by atoms with van der Waals surface area (Å²) >= 11 is 7.05. The van der Waals surface area contributed by atoms with Crippen LogP contribution in [0.4, 0.5) is 10.1 Å². The number of rotatable bonds is 6. The summed E-state index contributed by atoms with van der Waals surface area (Å²) in [5.41, 5.74) is 1.32. The molecular formula is C21H15ClFN5O2S. The minimum atomic E-state index is -0.389. The lowest BCUT2D eigenvalue weighted by Gasteiger charge is -2.12. The number of nitrogens with zero attached hydrogens (tertiary/aromatic N) is 4. The van der Waals surface area contributed by atoms with Crippen LogP contribution in [0.3, 0.4) is 0 Å². The fourth-order valence-corrected chi connectivity index (χ4v) is 3.72. The molecule has 0 aliphatic rings. The van der Waals surface area contributed by atoms with Gasteiger partial charge in [-0.1, -0.05) is 35.5 Å². The van der Waals surface area contributed by atoms with Crippen molar-refractivity contribution in [2.75, 3.05) is 11.1 Å². The number of halogens is 2. The number of nitrogens with one attached hydrogen (secondary N) is 1. The molecule has 0 radical (unpaired) electrons. The molecule has 156 valence electrons. The summed E-state index contributed by atoms with van der Waals surface area (Å²) < 4.78 is 14.5. The Kier molecular flexibility index (Phi) is 6.24. The number of hydrogen-bond acceptors (Lipinski definition) is 6. The summed E-state index contributed by atoms with van der Waals surface area (Å²) in [5.74, 6) is -0.709. The largest absolute Gasteiger partial charge is 0.325 e. The predicted octanol–water partition coefficient (Wildman–Crippen LogP) is 3.76. The van der Waals surface area contributed by atoms with E-state index in [1.54, 1.807) is 12.1 Å². The molecule has 0 aliphatic heterocycles. The van der Waals surface area contributed by atoms with Crippen molar-refractivity contribution in [3.8, 4) is 0 Å². The zero-order valence-corrected chi connectivity index (χ0v) is 17.5. The Morgan fingerprint density at radius 1 is 1.06 bits per heavy atom. The number of aromatic nitrogens is 4. The van der Waals surface area contributed by atoms with Crippen LogP contribution < -0.4 is 10.9 Å². The molecule has 31 heavy (non-hydrogen) atoms. The maximum absolute atomic E-state index is 13.0. The van der Waals surface area contributed by atoms with Gasteiger partial charge in [0, 0.05) is 23.1 Å². The average molecular weight is 456 g/mol. The van der Waals surface area contributed by atoms with Gasteiger partial charge >= 0.3 is 0 Å². The summed E-state index contributed by atoms with van der Waals surface area (Å²) in [4.78, 5) is 38.0. The summed E-state index contributed by atoms with van der Waals surface area (Å²) in [6.45, 7) is 0.234. The van der Waals surface area contributed by atoms with Gasteiger partial charge in [0.05, 0.1) is 12.3 Å². The van der Waals surface area contributed by atoms with Crippen molar-refractivity contribution in [3.63, 3.8) is 0 Å². The van der Waals surface area contributed by atoms with E-state index in [0.717, 1.165) is 17.3 Å². The van der Waals surface area contributed by atoms with Crippen molar-refractivity contribution < 1.29 is 9.18 Å². The van der Waals surface area contributed by atoms with Crippen molar-refractivity contribution in [1.29, 1.82) is 0 Å². The van der Waals surface area contributed by atoms with Gasteiger partial charge in [-0.3, -0.25) is 14.2 Å².